The van der Waals surface area contributed by atoms with Gasteiger partial charge < -0.3 is 10.2 Å². The lowest BCUT2D eigenvalue weighted by molar-refractivity contribution is 0.0917. The summed E-state index contributed by atoms with van der Waals surface area (Å²) in [5.74, 6) is 0.301. The molecule has 2 atom stereocenters. The van der Waals surface area contributed by atoms with Crippen molar-refractivity contribution in [2.45, 2.75) is 37.8 Å². The number of amides is 1. The molecule has 1 aromatic heterocycles. The molecule has 2 fully saturated rings. The Labute approximate surface area is 134 Å². The first kappa shape index (κ1) is 15.0. The number of aromatic nitrogens is 2. The highest BCUT2D eigenvalue weighted by molar-refractivity contribution is 6.34. The van der Waals surface area contributed by atoms with Gasteiger partial charge in [0.1, 0.15) is 0 Å². The molecule has 2 aliphatic heterocycles. The molecule has 0 saturated carbocycles. The van der Waals surface area contributed by atoms with E-state index in [2.05, 4.69) is 27.5 Å². The molecule has 0 aliphatic carbocycles. The van der Waals surface area contributed by atoms with E-state index in [-0.39, 0.29) is 21.8 Å². The maximum Gasteiger partial charge on any atom is 0.254 e. The Morgan fingerprint density at radius 3 is 2.67 bits per heavy atom. The van der Waals surface area contributed by atoms with E-state index in [4.69, 9.17) is 23.2 Å². The highest BCUT2D eigenvalue weighted by atomic mass is 35.5. The smallest absolute Gasteiger partial charge is 0.254 e. The van der Waals surface area contributed by atoms with Gasteiger partial charge in [-0.05, 0) is 44.7 Å². The number of fused-ring (bicyclic) bond motifs is 2. The minimum absolute atomic E-state index is 0.0837. The van der Waals surface area contributed by atoms with E-state index >= 15 is 0 Å². The number of nitrogens with zero attached hydrogens (tertiary/aromatic N) is 3. The van der Waals surface area contributed by atoms with E-state index in [1.807, 2.05) is 0 Å². The van der Waals surface area contributed by atoms with Crippen molar-refractivity contribution in [2.75, 3.05) is 13.6 Å². The molecule has 21 heavy (non-hydrogen) atoms. The summed E-state index contributed by atoms with van der Waals surface area (Å²) in [5, 5.41) is 10.5. The summed E-state index contributed by atoms with van der Waals surface area (Å²) in [7, 11) is 2.21. The zero-order valence-electron chi connectivity index (χ0n) is 11.9. The van der Waals surface area contributed by atoms with Crippen LogP contribution in [0.25, 0.3) is 0 Å². The van der Waals surface area contributed by atoms with Gasteiger partial charge in [0.2, 0.25) is 0 Å². The molecule has 2 aliphatic rings. The van der Waals surface area contributed by atoms with Gasteiger partial charge in [0.25, 0.3) is 5.91 Å². The largest absolute Gasteiger partial charge is 0.352 e. The first-order valence-electron chi connectivity index (χ1n) is 7.23. The van der Waals surface area contributed by atoms with E-state index in [9.17, 15) is 4.79 Å². The van der Waals surface area contributed by atoms with E-state index in [0.29, 0.717) is 24.5 Å². The van der Waals surface area contributed by atoms with Crippen LogP contribution in [-0.2, 0) is 0 Å². The van der Waals surface area contributed by atoms with Crippen molar-refractivity contribution in [3.63, 3.8) is 0 Å². The quantitative estimate of drug-likeness (QED) is 0.925. The Morgan fingerprint density at radius 2 is 2.00 bits per heavy atom. The van der Waals surface area contributed by atoms with Crippen molar-refractivity contribution in [3.8, 4) is 0 Å². The zero-order chi connectivity index (χ0) is 15.0. The van der Waals surface area contributed by atoms with Crippen molar-refractivity contribution >= 4 is 29.1 Å². The summed E-state index contributed by atoms with van der Waals surface area (Å²) in [6.07, 6.45) is 4.86. The Kier molecular flexibility index (Phi) is 4.33. The van der Waals surface area contributed by atoms with Gasteiger partial charge in [0.15, 0.2) is 10.3 Å². The lowest BCUT2D eigenvalue weighted by Crippen LogP contribution is -2.43. The van der Waals surface area contributed by atoms with Crippen molar-refractivity contribution in [1.29, 1.82) is 0 Å². The minimum Gasteiger partial charge on any atom is -0.352 e. The lowest BCUT2D eigenvalue weighted by atomic mass is 9.91. The highest BCUT2D eigenvalue weighted by Crippen LogP contribution is 2.37. The Hall–Kier alpha value is -0.910. The number of halogens is 2. The molecule has 2 bridgehead atoms. The third-order valence-electron chi connectivity index (χ3n) is 4.71. The van der Waals surface area contributed by atoms with E-state index in [1.165, 1.54) is 18.9 Å². The molecule has 2 unspecified atom stereocenters. The number of carbonyl (C=O) groups is 1. The van der Waals surface area contributed by atoms with Crippen LogP contribution in [0.1, 0.15) is 36.0 Å². The molecular formula is C14H18Cl2N4O. The van der Waals surface area contributed by atoms with Crippen LogP contribution in [0.2, 0.25) is 10.3 Å². The summed E-state index contributed by atoms with van der Waals surface area (Å²) in [5.41, 5.74) is 0.285. The fraction of sp³-hybridized carbons (Fsp3) is 0.643. The van der Waals surface area contributed by atoms with E-state index in [0.717, 1.165) is 12.8 Å². The zero-order valence-corrected chi connectivity index (χ0v) is 13.4. The molecule has 1 N–H and O–H groups in total. The molecule has 114 valence electrons. The molecule has 1 amide bonds. The van der Waals surface area contributed by atoms with Crippen LogP contribution in [0, 0.1) is 5.92 Å². The van der Waals surface area contributed by atoms with Gasteiger partial charge in [-0.1, -0.05) is 23.2 Å². The second-order valence-corrected chi connectivity index (χ2v) is 6.71. The number of piperidine rings is 1. The Bertz CT molecular complexity index is 540. The van der Waals surface area contributed by atoms with Crippen LogP contribution in [0.3, 0.4) is 0 Å². The third kappa shape index (κ3) is 3.15. The first-order chi connectivity index (χ1) is 10.0. The minimum atomic E-state index is -0.233. The predicted octanol–water partition coefficient (Wildman–Crippen LogP) is 2.39. The van der Waals surface area contributed by atoms with Crippen LogP contribution < -0.4 is 5.32 Å². The van der Waals surface area contributed by atoms with Gasteiger partial charge in [-0.25, -0.2) is 0 Å². The molecule has 3 rings (SSSR count). The number of nitrogens with one attached hydrogen (secondary N) is 1. The molecule has 2 saturated heterocycles. The summed E-state index contributed by atoms with van der Waals surface area (Å²) in [6, 6.07) is 2.79. The van der Waals surface area contributed by atoms with E-state index < -0.39 is 0 Å². The normalized spacial score (nSPS) is 28.6. The Morgan fingerprint density at radius 1 is 1.33 bits per heavy atom. The number of hydrogen-bond acceptors (Lipinski definition) is 4. The second kappa shape index (κ2) is 6.07. The fourth-order valence-electron chi connectivity index (χ4n) is 3.54. The molecule has 0 aromatic carbocycles. The summed E-state index contributed by atoms with van der Waals surface area (Å²) in [6.45, 7) is 0.677. The van der Waals surface area contributed by atoms with Crippen molar-refractivity contribution in [2.24, 2.45) is 5.92 Å². The maximum absolute atomic E-state index is 12.2. The van der Waals surface area contributed by atoms with Gasteiger partial charge in [-0.2, -0.15) is 0 Å². The molecule has 7 heteroatoms. The number of rotatable bonds is 3. The first-order valence-corrected chi connectivity index (χ1v) is 7.99. The van der Waals surface area contributed by atoms with Gasteiger partial charge >= 0.3 is 0 Å². The summed E-state index contributed by atoms with van der Waals surface area (Å²) < 4.78 is 0. The average Bonchev–Trinajstić information content (AvgIpc) is 2.69. The van der Waals surface area contributed by atoms with Crippen LogP contribution in [-0.4, -0.2) is 46.7 Å². The monoisotopic (exact) mass is 328 g/mol. The fourth-order valence-corrected chi connectivity index (χ4v) is 3.86. The van der Waals surface area contributed by atoms with E-state index in [1.54, 1.807) is 0 Å². The summed E-state index contributed by atoms with van der Waals surface area (Å²) in [4.78, 5) is 14.7. The van der Waals surface area contributed by atoms with Crippen LogP contribution >= 0.6 is 23.2 Å². The van der Waals surface area contributed by atoms with Crippen LogP contribution in [0.15, 0.2) is 6.07 Å². The van der Waals surface area contributed by atoms with Gasteiger partial charge in [0.05, 0.1) is 5.56 Å². The predicted molar refractivity (Wildman–Crippen MR) is 81.7 cm³/mol. The SMILES string of the molecule is CN1C2CCC1CC(CNC(=O)c1cc(Cl)nnc1Cl)C2. The number of carbonyl (C=O) groups excluding carboxylic acids is 1. The topological polar surface area (TPSA) is 58.1 Å². The van der Waals surface area contributed by atoms with Crippen molar-refractivity contribution < 1.29 is 4.79 Å². The lowest BCUT2D eigenvalue weighted by Gasteiger charge is -2.36. The third-order valence-corrected chi connectivity index (χ3v) is 5.17. The molecular weight excluding hydrogens is 311 g/mol. The van der Waals surface area contributed by atoms with Crippen molar-refractivity contribution in [3.05, 3.63) is 21.9 Å². The molecule has 0 spiro atoms. The Balaban J connectivity index is 1.58. The van der Waals surface area contributed by atoms with Crippen molar-refractivity contribution in [1.82, 2.24) is 20.4 Å². The van der Waals surface area contributed by atoms with Gasteiger partial charge in [-0.3, -0.25) is 4.79 Å². The standard InChI is InChI=1S/C14H18Cl2N4O/c1-20-9-2-3-10(20)5-8(4-9)7-17-14(21)11-6-12(15)18-19-13(11)16/h6,8-10H,2-5,7H2,1H3,(H,17,21). The second-order valence-electron chi connectivity index (χ2n) is 5.97. The molecule has 3 heterocycles. The maximum atomic E-state index is 12.2. The average molecular weight is 329 g/mol. The molecule has 0 radical (unpaired) electrons. The molecule has 1 aromatic rings. The highest BCUT2D eigenvalue weighted by Gasteiger charge is 2.38. The van der Waals surface area contributed by atoms with Crippen LogP contribution in [0.4, 0.5) is 0 Å². The molecule has 5 nitrogen and oxygen atoms in total. The van der Waals surface area contributed by atoms with Gasteiger partial charge in [0, 0.05) is 18.6 Å². The van der Waals surface area contributed by atoms with Gasteiger partial charge in [-0.15, -0.1) is 10.2 Å². The number of hydrogen-bond donors (Lipinski definition) is 1. The summed E-state index contributed by atoms with van der Waals surface area (Å²) >= 11 is 11.6. The van der Waals surface area contributed by atoms with Crippen LogP contribution in [0.5, 0.6) is 0 Å².